The first-order chi connectivity index (χ1) is 9.29. The quantitative estimate of drug-likeness (QED) is 0.890. The van der Waals surface area contributed by atoms with Crippen molar-refractivity contribution in [2.75, 3.05) is 11.9 Å². The van der Waals surface area contributed by atoms with Gasteiger partial charge < -0.3 is 15.0 Å². The molecule has 0 spiro atoms. The van der Waals surface area contributed by atoms with Gasteiger partial charge >= 0.3 is 0 Å². The summed E-state index contributed by atoms with van der Waals surface area (Å²) < 4.78 is 2.10. The molecule has 2 N–H and O–H groups in total. The maximum Gasteiger partial charge on any atom is 0.203 e. The molecule has 1 aliphatic rings. The number of aryl methyl sites for hydroxylation is 1. The second kappa shape index (κ2) is 5.21. The number of rotatable bonds is 3. The van der Waals surface area contributed by atoms with E-state index in [0.29, 0.717) is 12.0 Å². The SMILES string of the molecule is Cn1c(NC2CCCCC2CO)nc2ccccc21. The van der Waals surface area contributed by atoms with Crippen LogP contribution in [0.2, 0.25) is 0 Å². The summed E-state index contributed by atoms with van der Waals surface area (Å²) in [7, 11) is 2.04. The highest BCUT2D eigenvalue weighted by atomic mass is 16.3. The Labute approximate surface area is 113 Å². The van der Waals surface area contributed by atoms with Crippen molar-refractivity contribution in [2.24, 2.45) is 13.0 Å². The summed E-state index contributed by atoms with van der Waals surface area (Å²) in [6.45, 7) is 0.265. The van der Waals surface area contributed by atoms with Crippen LogP contribution >= 0.6 is 0 Å². The number of fused-ring (bicyclic) bond motifs is 1. The van der Waals surface area contributed by atoms with Gasteiger partial charge in [0.25, 0.3) is 0 Å². The molecule has 4 heteroatoms. The first-order valence-corrected chi connectivity index (χ1v) is 7.08. The number of nitrogens with zero attached hydrogens (tertiary/aromatic N) is 2. The van der Waals surface area contributed by atoms with Crippen molar-refractivity contribution in [2.45, 2.75) is 31.7 Å². The van der Waals surface area contributed by atoms with E-state index in [9.17, 15) is 5.11 Å². The number of imidazole rings is 1. The third-order valence-electron chi connectivity index (χ3n) is 4.25. The van der Waals surface area contributed by atoms with Crippen LogP contribution in [0, 0.1) is 5.92 Å². The molecule has 0 amide bonds. The number of anilines is 1. The number of hydrogen-bond acceptors (Lipinski definition) is 3. The van der Waals surface area contributed by atoms with Gasteiger partial charge in [-0.25, -0.2) is 4.98 Å². The molecule has 0 bridgehead atoms. The predicted octanol–water partition coefficient (Wildman–Crippen LogP) is 2.54. The highest BCUT2D eigenvalue weighted by molar-refractivity contribution is 5.78. The smallest absolute Gasteiger partial charge is 0.203 e. The summed E-state index contributed by atoms with van der Waals surface area (Å²) in [6.07, 6.45) is 4.69. The van der Waals surface area contributed by atoms with Crippen LogP contribution in [0.25, 0.3) is 11.0 Å². The molecule has 1 aromatic heterocycles. The zero-order chi connectivity index (χ0) is 13.2. The lowest BCUT2D eigenvalue weighted by Crippen LogP contribution is -2.35. The lowest BCUT2D eigenvalue weighted by molar-refractivity contribution is 0.177. The fourth-order valence-electron chi connectivity index (χ4n) is 3.06. The highest BCUT2D eigenvalue weighted by Crippen LogP contribution is 2.27. The van der Waals surface area contributed by atoms with Gasteiger partial charge in [-0.1, -0.05) is 25.0 Å². The molecule has 1 saturated carbocycles. The minimum Gasteiger partial charge on any atom is -0.396 e. The molecule has 102 valence electrons. The Morgan fingerprint density at radius 1 is 1.32 bits per heavy atom. The van der Waals surface area contributed by atoms with E-state index in [1.54, 1.807) is 0 Å². The van der Waals surface area contributed by atoms with E-state index in [4.69, 9.17) is 0 Å². The van der Waals surface area contributed by atoms with Crippen LogP contribution in [-0.2, 0) is 7.05 Å². The molecule has 1 fully saturated rings. The number of aliphatic hydroxyl groups excluding tert-OH is 1. The fourth-order valence-corrected chi connectivity index (χ4v) is 3.06. The lowest BCUT2D eigenvalue weighted by Gasteiger charge is -2.31. The van der Waals surface area contributed by atoms with Gasteiger partial charge in [-0.2, -0.15) is 0 Å². The Morgan fingerprint density at radius 3 is 2.89 bits per heavy atom. The zero-order valence-electron chi connectivity index (χ0n) is 11.3. The summed E-state index contributed by atoms with van der Waals surface area (Å²) in [5.41, 5.74) is 2.16. The number of aromatic nitrogens is 2. The molecular formula is C15H21N3O. The Kier molecular flexibility index (Phi) is 3.42. The topological polar surface area (TPSA) is 50.1 Å². The first-order valence-electron chi connectivity index (χ1n) is 7.08. The third kappa shape index (κ3) is 2.32. The molecule has 2 atom stereocenters. The molecule has 3 rings (SSSR count). The fraction of sp³-hybridized carbons (Fsp3) is 0.533. The van der Waals surface area contributed by atoms with Crippen molar-refractivity contribution in [1.82, 2.24) is 9.55 Å². The largest absolute Gasteiger partial charge is 0.396 e. The monoisotopic (exact) mass is 259 g/mol. The van der Waals surface area contributed by atoms with Crippen LogP contribution in [0.3, 0.4) is 0 Å². The van der Waals surface area contributed by atoms with Gasteiger partial charge in [0.05, 0.1) is 11.0 Å². The Balaban J connectivity index is 1.86. The standard InChI is InChI=1S/C15H21N3O/c1-18-14-9-5-4-8-13(14)17-15(18)16-12-7-3-2-6-11(12)10-19/h4-5,8-9,11-12,19H,2-3,6-7,10H2,1H3,(H,16,17). The average molecular weight is 259 g/mol. The molecule has 0 aliphatic heterocycles. The van der Waals surface area contributed by atoms with E-state index >= 15 is 0 Å². The Hall–Kier alpha value is -1.55. The molecule has 2 unspecified atom stereocenters. The maximum absolute atomic E-state index is 9.48. The summed E-state index contributed by atoms with van der Waals surface area (Å²) >= 11 is 0. The number of benzene rings is 1. The number of nitrogens with one attached hydrogen (secondary N) is 1. The number of para-hydroxylation sites is 2. The van der Waals surface area contributed by atoms with Gasteiger partial charge in [0.1, 0.15) is 0 Å². The lowest BCUT2D eigenvalue weighted by atomic mass is 9.85. The minimum absolute atomic E-state index is 0.265. The van der Waals surface area contributed by atoms with Crippen molar-refractivity contribution >= 4 is 17.0 Å². The molecule has 0 saturated heterocycles. The second-order valence-electron chi connectivity index (χ2n) is 5.46. The molecule has 1 heterocycles. The minimum atomic E-state index is 0.265. The Bertz CT molecular complexity index is 564. The number of aliphatic hydroxyl groups is 1. The predicted molar refractivity (Wildman–Crippen MR) is 77.2 cm³/mol. The normalized spacial score (nSPS) is 23.7. The summed E-state index contributed by atoms with van der Waals surface area (Å²) in [5.74, 6) is 1.26. The third-order valence-corrected chi connectivity index (χ3v) is 4.25. The Morgan fingerprint density at radius 2 is 2.11 bits per heavy atom. The van der Waals surface area contributed by atoms with E-state index in [-0.39, 0.29) is 6.61 Å². The molecule has 2 aromatic rings. The van der Waals surface area contributed by atoms with E-state index in [0.717, 1.165) is 29.8 Å². The summed E-state index contributed by atoms with van der Waals surface area (Å²) in [6, 6.07) is 8.50. The maximum atomic E-state index is 9.48. The van der Waals surface area contributed by atoms with Crippen molar-refractivity contribution in [3.8, 4) is 0 Å². The van der Waals surface area contributed by atoms with Gasteiger partial charge in [-0.05, 0) is 25.0 Å². The van der Waals surface area contributed by atoms with Crippen LogP contribution < -0.4 is 5.32 Å². The van der Waals surface area contributed by atoms with E-state index < -0.39 is 0 Å². The van der Waals surface area contributed by atoms with E-state index in [1.807, 2.05) is 25.2 Å². The summed E-state index contributed by atoms with van der Waals surface area (Å²) in [4.78, 5) is 4.65. The molecule has 19 heavy (non-hydrogen) atoms. The van der Waals surface area contributed by atoms with Gasteiger partial charge in [0.2, 0.25) is 5.95 Å². The van der Waals surface area contributed by atoms with Crippen LogP contribution in [-0.4, -0.2) is 27.3 Å². The average Bonchev–Trinajstić information content (AvgIpc) is 2.77. The first kappa shape index (κ1) is 12.5. The van der Waals surface area contributed by atoms with Gasteiger partial charge in [-0.3, -0.25) is 0 Å². The van der Waals surface area contributed by atoms with Gasteiger partial charge in [0, 0.05) is 25.6 Å². The highest BCUT2D eigenvalue weighted by Gasteiger charge is 2.25. The van der Waals surface area contributed by atoms with Crippen molar-refractivity contribution in [3.63, 3.8) is 0 Å². The molecule has 1 aromatic carbocycles. The summed E-state index contributed by atoms with van der Waals surface area (Å²) in [5, 5.41) is 13.0. The van der Waals surface area contributed by atoms with Crippen LogP contribution in [0.1, 0.15) is 25.7 Å². The molecular weight excluding hydrogens is 238 g/mol. The van der Waals surface area contributed by atoms with Crippen LogP contribution in [0.5, 0.6) is 0 Å². The molecule has 4 nitrogen and oxygen atoms in total. The van der Waals surface area contributed by atoms with Crippen molar-refractivity contribution < 1.29 is 5.11 Å². The van der Waals surface area contributed by atoms with Crippen molar-refractivity contribution in [3.05, 3.63) is 24.3 Å². The van der Waals surface area contributed by atoms with Gasteiger partial charge in [-0.15, -0.1) is 0 Å². The van der Waals surface area contributed by atoms with E-state index in [1.165, 1.54) is 12.8 Å². The number of hydrogen-bond donors (Lipinski definition) is 2. The second-order valence-corrected chi connectivity index (χ2v) is 5.46. The van der Waals surface area contributed by atoms with Crippen LogP contribution in [0.4, 0.5) is 5.95 Å². The van der Waals surface area contributed by atoms with Crippen molar-refractivity contribution in [1.29, 1.82) is 0 Å². The zero-order valence-corrected chi connectivity index (χ0v) is 11.3. The van der Waals surface area contributed by atoms with E-state index in [2.05, 4.69) is 20.9 Å². The van der Waals surface area contributed by atoms with Crippen LogP contribution in [0.15, 0.2) is 24.3 Å². The van der Waals surface area contributed by atoms with Gasteiger partial charge in [0.15, 0.2) is 0 Å². The molecule has 0 radical (unpaired) electrons. The molecule has 1 aliphatic carbocycles.